The predicted molar refractivity (Wildman–Crippen MR) is 149 cm³/mol. The molecular formula is C30H39FN4O6. The van der Waals surface area contributed by atoms with E-state index in [1.165, 1.54) is 31.0 Å². The number of aliphatic hydroxyl groups excluding tert-OH is 2. The molecule has 1 heterocycles. The zero-order valence-electron chi connectivity index (χ0n) is 23.5. The number of para-hydroxylation sites is 1. The number of amides is 3. The van der Waals surface area contributed by atoms with E-state index in [0.29, 0.717) is 31.6 Å². The molecule has 2 aliphatic rings. The van der Waals surface area contributed by atoms with Crippen LogP contribution in [-0.4, -0.2) is 83.3 Å². The summed E-state index contributed by atoms with van der Waals surface area (Å²) in [6, 6.07) is 9.47. The summed E-state index contributed by atoms with van der Waals surface area (Å²) in [6.07, 6.45) is -0.748. The number of nitrogens with zero attached hydrogens (tertiary/aromatic N) is 1. The van der Waals surface area contributed by atoms with Crippen molar-refractivity contribution in [2.24, 2.45) is 5.92 Å². The van der Waals surface area contributed by atoms with E-state index < -0.39 is 48.0 Å². The maximum atomic E-state index is 13.5. The van der Waals surface area contributed by atoms with Crippen molar-refractivity contribution in [1.29, 1.82) is 0 Å². The molecule has 7 atom stereocenters. The Hall–Kier alpha value is -3.54. The highest BCUT2D eigenvalue weighted by Gasteiger charge is 2.47. The molecule has 1 aliphatic heterocycles. The van der Waals surface area contributed by atoms with Gasteiger partial charge in [0.15, 0.2) is 0 Å². The van der Waals surface area contributed by atoms with Gasteiger partial charge in [0.05, 0.1) is 12.1 Å². The molecule has 3 amide bonds. The smallest absolute Gasteiger partial charge is 0.245 e. The van der Waals surface area contributed by atoms with E-state index in [1.54, 1.807) is 0 Å². The van der Waals surface area contributed by atoms with Crippen molar-refractivity contribution in [3.63, 3.8) is 0 Å². The van der Waals surface area contributed by atoms with Gasteiger partial charge < -0.3 is 35.8 Å². The Morgan fingerprint density at radius 2 is 1.73 bits per heavy atom. The van der Waals surface area contributed by atoms with Crippen LogP contribution in [0.15, 0.2) is 48.5 Å². The molecule has 5 N–H and O–H groups in total. The lowest BCUT2D eigenvalue weighted by molar-refractivity contribution is -0.142. The molecule has 0 radical (unpaired) electrons. The van der Waals surface area contributed by atoms with Gasteiger partial charge in [-0.2, -0.15) is 0 Å². The average Bonchev–Trinajstić information content (AvgIpc) is 3.68. The van der Waals surface area contributed by atoms with Gasteiger partial charge in [0.2, 0.25) is 17.7 Å². The summed E-state index contributed by atoms with van der Waals surface area (Å²) in [5.74, 6) is -1.76. The number of aryl methyl sites for hydroxylation is 1. The Kier molecular flexibility index (Phi) is 9.95. The minimum Gasteiger partial charge on any atom is -0.489 e. The first-order chi connectivity index (χ1) is 19.6. The first-order valence-electron chi connectivity index (χ1n) is 14.0. The van der Waals surface area contributed by atoms with Crippen LogP contribution in [0.1, 0.15) is 43.9 Å². The van der Waals surface area contributed by atoms with Crippen molar-refractivity contribution < 1.29 is 33.7 Å². The van der Waals surface area contributed by atoms with E-state index >= 15 is 0 Å². The second-order valence-corrected chi connectivity index (χ2v) is 10.9. The fourth-order valence-electron chi connectivity index (χ4n) is 4.96. The molecule has 10 nitrogen and oxygen atoms in total. The molecule has 11 heteroatoms. The van der Waals surface area contributed by atoms with Crippen molar-refractivity contribution in [2.45, 2.75) is 69.5 Å². The Morgan fingerprint density at radius 1 is 1.05 bits per heavy atom. The number of rotatable bonds is 3. The Morgan fingerprint density at radius 3 is 2.41 bits per heavy atom. The van der Waals surface area contributed by atoms with Crippen molar-refractivity contribution in [1.82, 2.24) is 20.9 Å². The number of likely N-dealkylation sites (N-methyl/N-ethyl adjacent to an activating group) is 1. The molecule has 0 aromatic heterocycles. The fourth-order valence-corrected chi connectivity index (χ4v) is 4.96. The van der Waals surface area contributed by atoms with Gasteiger partial charge in [0.25, 0.3) is 0 Å². The van der Waals surface area contributed by atoms with Crippen LogP contribution in [0.25, 0.3) is 0 Å². The van der Waals surface area contributed by atoms with E-state index in [0.717, 1.165) is 17.7 Å². The molecule has 1 saturated carbocycles. The molecule has 222 valence electrons. The Labute approximate surface area is 239 Å². The van der Waals surface area contributed by atoms with Crippen LogP contribution >= 0.6 is 0 Å². The summed E-state index contributed by atoms with van der Waals surface area (Å²) >= 11 is 0. The number of aliphatic hydroxyl groups is 2. The third-order valence-corrected chi connectivity index (χ3v) is 7.76. The second kappa shape index (κ2) is 13.4. The first kappa shape index (κ1) is 30.4. The number of fused-ring (bicyclic) bond motifs is 1. The summed E-state index contributed by atoms with van der Waals surface area (Å²) < 4.78 is 19.7. The quantitative estimate of drug-likeness (QED) is 0.372. The van der Waals surface area contributed by atoms with Crippen molar-refractivity contribution >= 4 is 17.7 Å². The van der Waals surface area contributed by atoms with E-state index in [2.05, 4.69) is 16.0 Å². The Bertz CT molecular complexity index is 1230. The number of carbonyl (C=O) groups excluding carboxylic acids is 3. The number of ether oxygens (including phenoxy) is 1. The highest BCUT2D eigenvalue weighted by Crippen LogP contribution is 2.34. The SMILES string of the molecule is C[C@@H]1CN[C@@H](C2CC2O)C(=O)N(C)[C@H](C)C(=O)N[C@H](C(O)c2ccc(F)cc2)C(=O)NCCCc2ccccc2O1. The van der Waals surface area contributed by atoms with Crippen LogP contribution in [0.2, 0.25) is 0 Å². The topological polar surface area (TPSA) is 140 Å². The minimum atomic E-state index is -1.47. The highest BCUT2D eigenvalue weighted by molar-refractivity contribution is 5.93. The van der Waals surface area contributed by atoms with E-state index in [-0.39, 0.29) is 30.0 Å². The number of benzene rings is 2. The minimum absolute atomic E-state index is 0.248. The number of halogens is 1. The van der Waals surface area contributed by atoms with E-state index in [1.807, 2.05) is 31.2 Å². The lowest BCUT2D eigenvalue weighted by atomic mass is 10.0. The molecule has 0 spiro atoms. The number of nitrogens with one attached hydrogen (secondary N) is 3. The average molecular weight is 571 g/mol. The third-order valence-electron chi connectivity index (χ3n) is 7.76. The highest BCUT2D eigenvalue weighted by atomic mass is 19.1. The largest absolute Gasteiger partial charge is 0.489 e. The summed E-state index contributed by atoms with van der Waals surface area (Å²) in [4.78, 5) is 41.4. The standard InChI is InChI=1S/C30H39FN4O6/c1-17-16-33-25(22-15-23(22)36)30(40)35(3)18(2)28(38)34-26(27(37)20-10-12-21(31)13-11-20)29(39)32-14-6-8-19-7-4-5-9-24(19)41-17/h4-5,7,9-13,17-18,22-23,25-27,33,36-37H,6,8,14-16H2,1-3H3,(H,32,39)(H,34,38)/t17-,18-,22?,23?,25+,26-,27?/m1/s1. The van der Waals surface area contributed by atoms with Gasteiger partial charge in [-0.05, 0) is 62.4 Å². The van der Waals surface area contributed by atoms with E-state index in [4.69, 9.17) is 4.74 Å². The molecule has 2 aromatic carbocycles. The number of carbonyl (C=O) groups is 3. The lowest BCUT2D eigenvalue weighted by Gasteiger charge is -2.31. The zero-order chi connectivity index (χ0) is 29.7. The van der Waals surface area contributed by atoms with Gasteiger partial charge >= 0.3 is 0 Å². The van der Waals surface area contributed by atoms with Gasteiger partial charge in [-0.3, -0.25) is 14.4 Å². The van der Waals surface area contributed by atoms with E-state index in [9.17, 15) is 29.0 Å². The van der Waals surface area contributed by atoms with Crippen LogP contribution in [0, 0.1) is 11.7 Å². The van der Waals surface area contributed by atoms with Crippen molar-refractivity contribution in [2.75, 3.05) is 20.1 Å². The summed E-state index contributed by atoms with van der Waals surface area (Å²) in [5, 5.41) is 29.8. The van der Waals surface area contributed by atoms with Crippen LogP contribution in [-0.2, 0) is 20.8 Å². The summed E-state index contributed by atoms with van der Waals surface area (Å²) in [5.41, 5.74) is 1.20. The molecule has 4 rings (SSSR count). The van der Waals surface area contributed by atoms with Crippen LogP contribution in [0.4, 0.5) is 4.39 Å². The first-order valence-corrected chi connectivity index (χ1v) is 14.0. The molecule has 2 aromatic rings. The van der Waals surface area contributed by atoms with Crippen molar-refractivity contribution in [3.05, 3.63) is 65.5 Å². The molecule has 41 heavy (non-hydrogen) atoms. The maximum absolute atomic E-state index is 13.5. The van der Waals surface area contributed by atoms with Crippen molar-refractivity contribution in [3.8, 4) is 5.75 Å². The molecule has 0 saturated heterocycles. The normalized spacial score (nSPS) is 29.2. The predicted octanol–water partition coefficient (Wildman–Crippen LogP) is 1.06. The molecular weight excluding hydrogens is 531 g/mol. The van der Waals surface area contributed by atoms with Gasteiger partial charge in [0.1, 0.15) is 35.9 Å². The number of hydrogen-bond donors (Lipinski definition) is 5. The lowest BCUT2D eigenvalue weighted by Crippen LogP contribution is -2.58. The van der Waals surface area contributed by atoms with Crippen LogP contribution in [0.5, 0.6) is 5.75 Å². The van der Waals surface area contributed by atoms with Gasteiger partial charge in [-0.25, -0.2) is 4.39 Å². The van der Waals surface area contributed by atoms with Crippen LogP contribution in [0.3, 0.4) is 0 Å². The zero-order valence-corrected chi connectivity index (χ0v) is 23.5. The molecule has 0 bridgehead atoms. The maximum Gasteiger partial charge on any atom is 0.245 e. The van der Waals surface area contributed by atoms with Gasteiger partial charge in [-0.15, -0.1) is 0 Å². The summed E-state index contributed by atoms with van der Waals surface area (Å²) in [6.45, 7) is 4.02. The van der Waals surface area contributed by atoms with Gasteiger partial charge in [-0.1, -0.05) is 30.3 Å². The molecule has 1 aliphatic carbocycles. The molecule has 1 fully saturated rings. The van der Waals surface area contributed by atoms with Crippen LogP contribution < -0.4 is 20.7 Å². The van der Waals surface area contributed by atoms with Gasteiger partial charge in [0, 0.05) is 26.1 Å². The monoisotopic (exact) mass is 570 g/mol. The fraction of sp³-hybridized carbons (Fsp3) is 0.500. The number of hydrogen-bond acceptors (Lipinski definition) is 7. The second-order valence-electron chi connectivity index (χ2n) is 10.9. The summed E-state index contributed by atoms with van der Waals surface area (Å²) in [7, 11) is 1.48. The molecule has 3 unspecified atom stereocenters. The Balaban J connectivity index is 1.61. The third kappa shape index (κ3) is 7.60.